The number of hydrogen-bond donors (Lipinski definition) is 1. The highest BCUT2D eigenvalue weighted by atomic mass is 16.6. The molecule has 2 aliphatic rings. The smallest absolute Gasteiger partial charge is 0.163 e. The number of benzene rings is 1. The first-order valence-electron chi connectivity index (χ1n) is 9.27. The van der Waals surface area contributed by atoms with Crippen molar-refractivity contribution in [1.29, 1.82) is 0 Å². The largest absolute Gasteiger partial charge is 0.486 e. The zero-order valence-corrected chi connectivity index (χ0v) is 15.1. The first kappa shape index (κ1) is 16.7. The van der Waals surface area contributed by atoms with Crippen LogP contribution in [0.15, 0.2) is 12.1 Å². The molecular weight excluding hydrogens is 318 g/mol. The second-order valence-corrected chi connectivity index (χ2v) is 7.39. The third-order valence-corrected chi connectivity index (χ3v) is 5.34. The van der Waals surface area contributed by atoms with Crippen LogP contribution >= 0.6 is 0 Å². The van der Waals surface area contributed by atoms with E-state index in [1.165, 1.54) is 12.8 Å². The SMILES string of the molecule is Cc1nc2cc3c(cc2n1CC(O)CN1CCC(C)CC1)OCCO3. The number of ether oxygens (including phenoxy) is 2. The van der Waals surface area contributed by atoms with Gasteiger partial charge in [-0.15, -0.1) is 0 Å². The van der Waals surface area contributed by atoms with E-state index in [0.717, 1.165) is 53.9 Å². The maximum Gasteiger partial charge on any atom is 0.163 e. The van der Waals surface area contributed by atoms with Gasteiger partial charge in [-0.25, -0.2) is 4.98 Å². The number of nitrogens with zero attached hydrogens (tertiary/aromatic N) is 3. The van der Waals surface area contributed by atoms with Crippen LogP contribution in [0.5, 0.6) is 11.5 Å². The van der Waals surface area contributed by atoms with Gasteiger partial charge >= 0.3 is 0 Å². The van der Waals surface area contributed by atoms with Crippen molar-refractivity contribution in [2.45, 2.75) is 39.3 Å². The number of fused-ring (bicyclic) bond motifs is 2. The second-order valence-electron chi connectivity index (χ2n) is 7.39. The van der Waals surface area contributed by atoms with Crippen molar-refractivity contribution in [3.05, 3.63) is 18.0 Å². The Balaban J connectivity index is 1.51. The third kappa shape index (κ3) is 3.46. The third-order valence-electron chi connectivity index (χ3n) is 5.34. The lowest BCUT2D eigenvalue weighted by Crippen LogP contribution is -2.39. The fraction of sp³-hybridized carbons (Fsp3) is 0.632. The van der Waals surface area contributed by atoms with Crippen LogP contribution in [0.25, 0.3) is 11.0 Å². The molecule has 3 heterocycles. The number of hydrogen-bond acceptors (Lipinski definition) is 5. The lowest BCUT2D eigenvalue weighted by atomic mass is 9.99. The van der Waals surface area contributed by atoms with Crippen LogP contribution in [-0.2, 0) is 6.54 Å². The molecule has 4 rings (SSSR count). The average Bonchev–Trinajstić information content (AvgIpc) is 2.90. The Morgan fingerprint density at radius 1 is 1.16 bits per heavy atom. The Morgan fingerprint density at radius 3 is 2.56 bits per heavy atom. The summed E-state index contributed by atoms with van der Waals surface area (Å²) in [5.41, 5.74) is 1.88. The molecule has 0 bridgehead atoms. The van der Waals surface area contributed by atoms with E-state index >= 15 is 0 Å². The lowest BCUT2D eigenvalue weighted by molar-refractivity contribution is 0.0805. The van der Waals surface area contributed by atoms with Crippen molar-refractivity contribution in [2.75, 3.05) is 32.8 Å². The topological polar surface area (TPSA) is 59.8 Å². The minimum atomic E-state index is -0.405. The van der Waals surface area contributed by atoms with Crippen LogP contribution < -0.4 is 9.47 Å². The molecule has 1 aromatic carbocycles. The van der Waals surface area contributed by atoms with Gasteiger partial charge < -0.3 is 24.0 Å². The number of aliphatic hydroxyl groups excluding tert-OH is 1. The molecule has 2 aromatic rings. The predicted molar refractivity (Wildman–Crippen MR) is 96.3 cm³/mol. The Kier molecular flexibility index (Phi) is 4.56. The van der Waals surface area contributed by atoms with Gasteiger partial charge in [0.2, 0.25) is 0 Å². The lowest BCUT2D eigenvalue weighted by Gasteiger charge is -2.31. The molecule has 6 nitrogen and oxygen atoms in total. The number of likely N-dealkylation sites (tertiary alicyclic amines) is 1. The second kappa shape index (κ2) is 6.84. The van der Waals surface area contributed by atoms with Gasteiger partial charge in [0, 0.05) is 18.7 Å². The molecule has 6 heteroatoms. The maximum atomic E-state index is 10.6. The molecule has 1 saturated heterocycles. The van der Waals surface area contributed by atoms with Gasteiger partial charge in [-0.05, 0) is 38.8 Å². The van der Waals surface area contributed by atoms with E-state index in [2.05, 4.69) is 21.4 Å². The Bertz CT molecular complexity index is 750. The fourth-order valence-corrected chi connectivity index (χ4v) is 3.82. The number of β-amino-alcohol motifs (C(OH)–C–C–N with tert-alkyl or cyclic N) is 1. The van der Waals surface area contributed by atoms with E-state index in [9.17, 15) is 5.11 Å². The van der Waals surface area contributed by atoms with Crippen LogP contribution in [0, 0.1) is 12.8 Å². The molecular formula is C19H27N3O3. The number of aryl methyl sites for hydroxylation is 1. The molecule has 0 radical (unpaired) electrons. The monoisotopic (exact) mass is 345 g/mol. The first-order chi connectivity index (χ1) is 12.1. The van der Waals surface area contributed by atoms with E-state index in [1.54, 1.807) is 0 Å². The first-order valence-corrected chi connectivity index (χ1v) is 9.27. The molecule has 2 aliphatic heterocycles. The molecule has 0 amide bonds. The molecule has 1 unspecified atom stereocenters. The van der Waals surface area contributed by atoms with Gasteiger partial charge in [0.1, 0.15) is 19.0 Å². The van der Waals surface area contributed by atoms with E-state index in [-0.39, 0.29) is 0 Å². The van der Waals surface area contributed by atoms with E-state index in [1.807, 2.05) is 19.1 Å². The highest BCUT2D eigenvalue weighted by Crippen LogP contribution is 2.34. The van der Waals surface area contributed by atoms with Crippen molar-refractivity contribution in [2.24, 2.45) is 5.92 Å². The summed E-state index contributed by atoms with van der Waals surface area (Å²) in [6.45, 7) is 8.87. The molecule has 1 fully saturated rings. The Morgan fingerprint density at radius 2 is 1.84 bits per heavy atom. The van der Waals surface area contributed by atoms with Crippen LogP contribution in [-0.4, -0.2) is 58.5 Å². The number of piperidine rings is 1. The molecule has 1 atom stereocenters. The minimum absolute atomic E-state index is 0.405. The van der Waals surface area contributed by atoms with Crippen molar-refractivity contribution in [3.8, 4) is 11.5 Å². The summed E-state index contributed by atoms with van der Waals surface area (Å²) in [6, 6.07) is 3.92. The van der Waals surface area contributed by atoms with Gasteiger partial charge in [0.25, 0.3) is 0 Å². The van der Waals surface area contributed by atoms with Gasteiger partial charge in [0.15, 0.2) is 11.5 Å². The summed E-state index contributed by atoms with van der Waals surface area (Å²) in [5, 5.41) is 10.6. The van der Waals surface area contributed by atoms with Gasteiger partial charge in [-0.3, -0.25) is 0 Å². The van der Waals surface area contributed by atoms with Crippen molar-refractivity contribution in [3.63, 3.8) is 0 Å². The maximum absolute atomic E-state index is 10.6. The summed E-state index contributed by atoms with van der Waals surface area (Å²) < 4.78 is 13.4. The molecule has 0 saturated carbocycles. The van der Waals surface area contributed by atoms with E-state index in [0.29, 0.717) is 19.8 Å². The Hall–Kier alpha value is -1.79. The normalized spacial score (nSPS) is 20.1. The number of imidazole rings is 1. The van der Waals surface area contributed by atoms with Crippen LogP contribution in [0.2, 0.25) is 0 Å². The molecule has 136 valence electrons. The highest BCUT2D eigenvalue weighted by Gasteiger charge is 2.21. The summed E-state index contributed by atoms with van der Waals surface area (Å²) in [4.78, 5) is 7.01. The summed E-state index contributed by atoms with van der Waals surface area (Å²) in [6.07, 6.45) is 2.05. The van der Waals surface area contributed by atoms with Crippen LogP contribution in [0.1, 0.15) is 25.6 Å². The molecule has 1 aromatic heterocycles. The van der Waals surface area contributed by atoms with E-state index in [4.69, 9.17) is 9.47 Å². The minimum Gasteiger partial charge on any atom is -0.486 e. The average molecular weight is 345 g/mol. The summed E-state index contributed by atoms with van der Waals surface area (Å²) in [7, 11) is 0. The highest BCUT2D eigenvalue weighted by molar-refractivity contribution is 5.80. The molecule has 25 heavy (non-hydrogen) atoms. The van der Waals surface area contributed by atoms with Crippen molar-refractivity contribution in [1.82, 2.24) is 14.5 Å². The molecule has 0 aliphatic carbocycles. The van der Waals surface area contributed by atoms with Crippen molar-refractivity contribution >= 4 is 11.0 Å². The Labute approximate surface area is 148 Å². The number of aliphatic hydroxyl groups is 1. The van der Waals surface area contributed by atoms with Gasteiger partial charge in [-0.2, -0.15) is 0 Å². The zero-order valence-electron chi connectivity index (χ0n) is 15.1. The van der Waals surface area contributed by atoms with Gasteiger partial charge in [-0.1, -0.05) is 6.92 Å². The summed E-state index contributed by atoms with van der Waals surface area (Å²) in [5.74, 6) is 3.23. The summed E-state index contributed by atoms with van der Waals surface area (Å²) >= 11 is 0. The van der Waals surface area contributed by atoms with Gasteiger partial charge in [0.05, 0.1) is 23.7 Å². The van der Waals surface area contributed by atoms with Crippen LogP contribution in [0.4, 0.5) is 0 Å². The molecule has 1 N–H and O–H groups in total. The standard InChI is InChI=1S/C19H27N3O3/c1-13-3-5-21(6-4-13)11-15(23)12-22-14(2)20-16-9-18-19(10-17(16)22)25-8-7-24-18/h9-10,13,15,23H,3-8,11-12H2,1-2H3. The molecule has 0 spiro atoms. The number of rotatable bonds is 4. The fourth-order valence-electron chi connectivity index (χ4n) is 3.82. The quantitative estimate of drug-likeness (QED) is 0.921. The van der Waals surface area contributed by atoms with Crippen molar-refractivity contribution < 1.29 is 14.6 Å². The predicted octanol–water partition coefficient (Wildman–Crippen LogP) is 2.21. The zero-order chi connectivity index (χ0) is 17.4. The van der Waals surface area contributed by atoms with E-state index < -0.39 is 6.10 Å². The van der Waals surface area contributed by atoms with Crippen LogP contribution in [0.3, 0.4) is 0 Å². The number of aromatic nitrogens is 2.